The number of halogens is 5. The lowest BCUT2D eigenvalue weighted by atomic mass is 10.00. The van der Waals surface area contributed by atoms with E-state index in [9.17, 15) is 9.59 Å². The highest BCUT2D eigenvalue weighted by atomic mass is 35.6. The minimum atomic E-state index is -1.57. The summed E-state index contributed by atoms with van der Waals surface area (Å²) in [6.45, 7) is 3.75. The summed E-state index contributed by atoms with van der Waals surface area (Å²) < 4.78 is -1.57. The molecule has 0 saturated heterocycles. The molecule has 5 nitrogen and oxygen atoms in total. The number of carbonyl (C=O) groups excluding carboxylic acids is 2. The van der Waals surface area contributed by atoms with Crippen LogP contribution in [0.15, 0.2) is 11.6 Å². The molecule has 0 bridgehead atoms. The SMILES string of the molecule is C[C@H](C[C@@H](C(=O)NCc1nccs1)N(C)C(=O)C[C@@H](C)C(Cl)(Cl)Cl)C(Cl)Cl. The smallest absolute Gasteiger partial charge is 0.243 e. The van der Waals surface area contributed by atoms with E-state index >= 15 is 0 Å². The molecule has 154 valence electrons. The van der Waals surface area contributed by atoms with E-state index < -0.39 is 20.6 Å². The highest BCUT2D eigenvalue weighted by Gasteiger charge is 2.35. The Kier molecular flexibility index (Phi) is 10.5. The zero-order chi connectivity index (χ0) is 20.8. The van der Waals surface area contributed by atoms with Gasteiger partial charge in [0, 0.05) is 31.0 Å². The van der Waals surface area contributed by atoms with Crippen LogP contribution >= 0.6 is 69.3 Å². The Morgan fingerprint density at radius 3 is 2.41 bits per heavy atom. The van der Waals surface area contributed by atoms with Crippen molar-refractivity contribution < 1.29 is 9.59 Å². The van der Waals surface area contributed by atoms with Gasteiger partial charge in [-0.15, -0.1) is 34.5 Å². The van der Waals surface area contributed by atoms with Crippen LogP contribution < -0.4 is 5.32 Å². The Bertz CT molecular complexity index is 610. The van der Waals surface area contributed by atoms with Gasteiger partial charge in [0.15, 0.2) is 3.79 Å². The predicted molar refractivity (Wildman–Crippen MR) is 114 cm³/mol. The maximum atomic E-state index is 12.7. The van der Waals surface area contributed by atoms with Crippen LogP contribution in [0, 0.1) is 11.8 Å². The number of aromatic nitrogens is 1. The highest BCUT2D eigenvalue weighted by molar-refractivity contribution is 7.09. The fourth-order valence-corrected chi connectivity index (χ4v) is 3.21. The Morgan fingerprint density at radius 1 is 1.30 bits per heavy atom. The van der Waals surface area contributed by atoms with Gasteiger partial charge in [-0.1, -0.05) is 48.7 Å². The number of nitrogens with zero attached hydrogens (tertiary/aromatic N) is 2. The number of carbonyl (C=O) groups is 2. The number of hydrogen-bond donors (Lipinski definition) is 1. The maximum Gasteiger partial charge on any atom is 0.243 e. The molecule has 0 aliphatic heterocycles. The van der Waals surface area contributed by atoms with Crippen molar-refractivity contribution in [1.82, 2.24) is 15.2 Å². The average Bonchev–Trinajstić information content (AvgIpc) is 3.09. The number of hydrogen-bond acceptors (Lipinski definition) is 4. The zero-order valence-corrected chi connectivity index (χ0v) is 19.7. The molecule has 1 aromatic rings. The van der Waals surface area contributed by atoms with Crippen molar-refractivity contribution in [2.45, 2.75) is 47.9 Å². The van der Waals surface area contributed by atoms with Gasteiger partial charge in [-0.25, -0.2) is 4.98 Å². The largest absolute Gasteiger partial charge is 0.348 e. The molecular weight excluding hydrogens is 476 g/mol. The first-order valence-corrected chi connectivity index (χ1v) is 11.1. The lowest BCUT2D eigenvalue weighted by Crippen LogP contribution is -2.49. The van der Waals surface area contributed by atoms with Gasteiger partial charge in [0.1, 0.15) is 15.9 Å². The molecule has 0 aliphatic carbocycles. The second kappa shape index (κ2) is 11.3. The normalized spacial score (nSPS) is 15.3. The van der Waals surface area contributed by atoms with Crippen LogP contribution in [-0.4, -0.2) is 43.4 Å². The lowest BCUT2D eigenvalue weighted by Gasteiger charge is -2.31. The first-order chi connectivity index (χ1) is 12.4. The maximum absolute atomic E-state index is 12.7. The first-order valence-electron chi connectivity index (χ1n) is 8.20. The first kappa shape index (κ1) is 25.1. The number of rotatable bonds is 9. The highest BCUT2D eigenvalue weighted by Crippen LogP contribution is 2.37. The number of nitrogens with one attached hydrogen (secondary N) is 1. The Hall–Kier alpha value is 0.0200. The molecule has 0 saturated carbocycles. The lowest BCUT2D eigenvalue weighted by molar-refractivity contribution is -0.140. The van der Waals surface area contributed by atoms with E-state index in [-0.39, 0.29) is 30.7 Å². The van der Waals surface area contributed by atoms with Gasteiger partial charge in [-0.3, -0.25) is 9.59 Å². The minimum Gasteiger partial charge on any atom is -0.348 e. The second-order valence-electron chi connectivity index (χ2n) is 6.36. The van der Waals surface area contributed by atoms with Crippen LogP contribution in [0.5, 0.6) is 0 Å². The van der Waals surface area contributed by atoms with Crippen molar-refractivity contribution in [1.29, 1.82) is 0 Å². The quantitative estimate of drug-likeness (QED) is 0.498. The number of likely N-dealkylation sites (N-methyl/N-ethyl adjacent to an activating group) is 1. The summed E-state index contributed by atoms with van der Waals surface area (Å²) in [6, 6.07) is -0.755. The average molecular weight is 498 g/mol. The molecule has 0 spiro atoms. The minimum absolute atomic E-state index is 0.0111. The van der Waals surface area contributed by atoms with Crippen LogP contribution in [0.2, 0.25) is 0 Å². The molecule has 0 unspecified atom stereocenters. The Balaban J connectivity index is 2.84. The van der Waals surface area contributed by atoms with Gasteiger partial charge in [0.05, 0.1) is 6.54 Å². The van der Waals surface area contributed by atoms with Crippen molar-refractivity contribution in [2.75, 3.05) is 7.05 Å². The van der Waals surface area contributed by atoms with E-state index in [1.807, 2.05) is 12.3 Å². The molecule has 0 fully saturated rings. The predicted octanol–water partition coefficient (Wildman–Crippen LogP) is 4.81. The van der Waals surface area contributed by atoms with Gasteiger partial charge < -0.3 is 10.2 Å². The zero-order valence-electron chi connectivity index (χ0n) is 15.1. The number of thiazole rings is 1. The van der Waals surface area contributed by atoms with E-state index in [2.05, 4.69) is 10.3 Å². The Morgan fingerprint density at radius 2 is 1.93 bits per heavy atom. The summed E-state index contributed by atoms with van der Waals surface area (Å²) in [5.74, 6) is -1.34. The van der Waals surface area contributed by atoms with E-state index in [4.69, 9.17) is 58.0 Å². The monoisotopic (exact) mass is 495 g/mol. The van der Waals surface area contributed by atoms with Gasteiger partial charge in [-0.05, 0) is 12.3 Å². The molecule has 0 radical (unpaired) electrons. The van der Waals surface area contributed by atoms with Crippen molar-refractivity contribution >= 4 is 81.2 Å². The topological polar surface area (TPSA) is 62.3 Å². The molecule has 0 aromatic carbocycles. The number of amides is 2. The van der Waals surface area contributed by atoms with Crippen molar-refractivity contribution in [3.8, 4) is 0 Å². The van der Waals surface area contributed by atoms with Crippen LogP contribution in [-0.2, 0) is 16.1 Å². The summed E-state index contributed by atoms with van der Waals surface area (Å²) in [5.41, 5.74) is 0. The van der Waals surface area contributed by atoms with E-state index in [1.54, 1.807) is 20.2 Å². The third-order valence-electron chi connectivity index (χ3n) is 4.13. The molecule has 1 heterocycles. The fraction of sp³-hybridized carbons (Fsp3) is 0.688. The van der Waals surface area contributed by atoms with Crippen molar-refractivity contribution in [3.05, 3.63) is 16.6 Å². The molecule has 11 heteroatoms. The van der Waals surface area contributed by atoms with Crippen molar-refractivity contribution in [2.24, 2.45) is 11.8 Å². The summed E-state index contributed by atoms with van der Waals surface area (Å²) in [6.07, 6.45) is 1.94. The van der Waals surface area contributed by atoms with Crippen LogP contribution in [0.3, 0.4) is 0 Å². The van der Waals surface area contributed by atoms with Crippen LogP contribution in [0.4, 0.5) is 0 Å². The molecule has 1 N–H and O–H groups in total. The third-order valence-corrected chi connectivity index (χ3v) is 6.88. The standard InChI is InChI=1S/C16H22Cl5N3O2S/c1-9(14(17)18)6-11(15(26)23-8-12-22-4-5-27-12)24(3)13(25)7-10(2)16(19,20)21/h4-5,9-11,14H,6-8H2,1-3H3,(H,23,26)/t9-,10-,11+/m1/s1. The molecule has 3 atom stereocenters. The van der Waals surface area contributed by atoms with Gasteiger partial charge in [-0.2, -0.15) is 0 Å². The van der Waals surface area contributed by atoms with E-state index in [0.717, 1.165) is 5.01 Å². The summed E-state index contributed by atoms with van der Waals surface area (Å²) in [4.78, 5) is 30.2. The molecule has 1 rings (SSSR count). The summed E-state index contributed by atoms with van der Waals surface area (Å²) >= 11 is 30.8. The van der Waals surface area contributed by atoms with Crippen molar-refractivity contribution in [3.63, 3.8) is 0 Å². The molecule has 27 heavy (non-hydrogen) atoms. The van der Waals surface area contributed by atoms with Crippen LogP contribution in [0.25, 0.3) is 0 Å². The van der Waals surface area contributed by atoms with E-state index in [1.165, 1.54) is 16.2 Å². The molecule has 2 amide bonds. The molecule has 0 aliphatic rings. The van der Waals surface area contributed by atoms with Gasteiger partial charge >= 0.3 is 0 Å². The van der Waals surface area contributed by atoms with Crippen LogP contribution in [0.1, 0.15) is 31.7 Å². The van der Waals surface area contributed by atoms with Gasteiger partial charge in [0.25, 0.3) is 0 Å². The number of alkyl halides is 5. The molecule has 1 aromatic heterocycles. The third kappa shape index (κ3) is 8.50. The summed E-state index contributed by atoms with van der Waals surface area (Å²) in [7, 11) is 1.55. The fourth-order valence-electron chi connectivity index (χ4n) is 2.21. The van der Waals surface area contributed by atoms with E-state index in [0.29, 0.717) is 6.42 Å². The summed E-state index contributed by atoms with van der Waals surface area (Å²) in [5, 5.41) is 5.38. The van der Waals surface area contributed by atoms with Gasteiger partial charge in [0.2, 0.25) is 11.8 Å². The Labute approximate surface area is 188 Å². The second-order valence-corrected chi connectivity index (χ2v) is 10.9. The molecular formula is C16H22Cl5N3O2S.